The smallest absolute Gasteiger partial charge is 0.367 e. The maximum atomic E-state index is 13.4. The van der Waals surface area contributed by atoms with Gasteiger partial charge in [0.1, 0.15) is 17.3 Å². The van der Waals surface area contributed by atoms with Crippen molar-refractivity contribution in [3.05, 3.63) is 57.9 Å². The van der Waals surface area contributed by atoms with E-state index in [4.69, 9.17) is 4.52 Å². The van der Waals surface area contributed by atoms with E-state index in [0.29, 0.717) is 48.5 Å². The second kappa shape index (κ2) is 9.53. The number of thiophene rings is 1. The average Bonchev–Trinajstić information content (AvgIpc) is 3.50. The molecule has 0 saturated carbocycles. The van der Waals surface area contributed by atoms with E-state index in [2.05, 4.69) is 20.4 Å². The van der Waals surface area contributed by atoms with Gasteiger partial charge in [0.15, 0.2) is 0 Å². The first-order valence-electron chi connectivity index (χ1n) is 11.6. The Labute approximate surface area is 209 Å². The summed E-state index contributed by atoms with van der Waals surface area (Å²) in [5.41, 5.74) is 2.21. The van der Waals surface area contributed by atoms with Gasteiger partial charge in [-0.3, -0.25) is 4.79 Å². The van der Waals surface area contributed by atoms with Crippen LogP contribution in [0.25, 0.3) is 22.0 Å². The first-order valence-corrected chi connectivity index (χ1v) is 12.5. The summed E-state index contributed by atoms with van der Waals surface area (Å²) in [4.78, 5) is 23.1. The molecule has 1 aliphatic heterocycles. The standard InChI is InChI=1S/C25H24F3N5O2S/c1-14-19(15(2)35-32-14)11-22(34)33-8-5-17(6-9-33)30-24-18-3-4-21(25(26,27)28)31-23(18)20(12-29-24)16-7-10-36-13-16/h3-4,7,10,12-13,17H,5-6,8-9,11H2,1-2H3,(H,29,30). The molecule has 5 heterocycles. The summed E-state index contributed by atoms with van der Waals surface area (Å²) in [6.07, 6.45) is -1.33. The zero-order valence-corrected chi connectivity index (χ0v) is 20.5. The van der Waals surface area contributed by atoms with Crippen LogP contribution in [0.1, 0.15) is 35.6 Å². The molecule has 4 aromatic rings. The van der Waals surface area contributed by atoms with Gasteiger partial charge in [0.25, 0.3) is 0 Å². The number of piperidine rings is 1. The molecular weight excluding hydrogens is 491 g/mol. The van der Waals surface area contributed by atoms with Crippen LogP contribution in [0.15, 0.2) is 39.7 Å². The highest BCUT2D eigenvalue weighted by Crippen LogP contribution is 2.36. The van der Waals surface area contributed by atoms with Crippen LogP contribution in [-0.2, 0) is 17.4 Å². The number of halogens is 3. The number of nitrogens with zero attached hydrogens (tertiary/aromatic N) is 4. The molecule has 36 heavy (non-hydrogen) atoms. The number of likely N-dealkylation sites (tertiary alicyclic amines) is 1. The summed E-state index contributed by atoms with van der Waals surface area (Å²) < 4.78 is 45.3. The Morgan fingerprint density at radius 3 is 2.64 bits per heavy atom. The first kappa shape index (κ1) is 24.2. The van der Waals surface area contributed by atoms with Crippen LogP contribution in [0.3, 0.4) is 0 Å². The van der Waals surface area contributed by atoms with Crippen molar-refractivity contribution in [3.63, 3.8) is 0 Å². The average molecular weight is 516 g/mol. The van der Waals surface area contributed by atoms with E-state index in [1.165, 1.54) is 17.4 Å². The van der Waals surface area contributed by atoms with Crippen molar-refractivity contribution in [1.29, 1.82) is 0 Å². The summed E-state index contributed by atoms with van der Waals surface area (Å²) in [6, 6.07) is 4.28. The number of fused-ring (bicyclic) bond motifs is 1. The number of rotatable bonds is 5. The molecule has 4 aromatic heterocycles. The number of pyridine rings is 2. The Bertz CT molecular complexity index is 1370. The quantitative estimate of drug-likeness (QED) is 0.371. The number of aryl methyl sites for hydroxylation is 2. The number of anilines is 1. The highest BCUT2D eigenvalue weighted by atomic mass is 32.1. The maximum Gasteiger partial charge on any atom is 0.433 e. The summed E-state index contributed by atoms with van der Waals surface area (Å²) >= 11 is 1.46. The van der Waals surface area contributed by atoms with Crippen LogP contribution < -0.4 is 5.32 Å². The van der Waals surface area contributed by atoms with Gasteiger partial charge in [-0.2, -0.15) is 24.5 Å². The molecule has 7 nitrogen and oxygen atoms in total. The molecule has 1 aliphatic rings. The fourth-order valence-electron chi connectivity index (χ4n) is 4.50. The molecular formula is C25H24F3N5O2S. The van der Waals surface area contributed by atoms with Gasteiger partial charge in [-0.15, -0.1) is 0 Å². The molecule has 0 bridgehead atoms. The van der Waals surface area contributed by atoms with Gasteiger partial charge in [-0.05, 0) is 61.2 Å². The summed E-state index contributed by atoms with van der Waals surface area (Å²) in [5.74, 6) is 1.17. The minimum absolute atomic E-state index is 0.0235. The maximum absolute atomic E-state index is 13.4. The summed E-state index contributed by atoms with van der Waals surface area (Å²) in [5, 5.41) is 11.6. The molecule has 1 N–H and O–H groups in total. The van der Waals surface area contributed by atoms with Gasteiger partial charge < -0.3 is 14.7 Å². The fraction of sp³-hybridized carbons (Fsp3) is 0.360. The highest BCUT2D eigenvalue weighted by Gasteiger charge is 2.33. The second-order valence-electron chi connectivity index (χ2n) is 8.90. The van der Waals surface area contributed by atoms with Gasteiger partial charge in [0.2, 0.25) is 5.91 Å². The molecule has 1 amide bonds. The molecule has 1 saturated heterocycles. The fourth-order valence-corrected chi connectivity index (χ4v) is 5.16. The van der Waals surface area contributed by atoms with Crippen molar-refractivity contribution < 1.29 is 22.5 Å². The Morgan fingerprint density at radius 1 is 1.22 bits per heavy atom. The predicted octanol–water partition coefficient (Wildman–Crippen LogP) is 5.63. The number of nitrogens with one attached hydrogen (secondary N) is 1. The molecule has 11 heteroatoms. The largest absolute Gasteiger partial charge is 0.433 e. The lowest BCUT2D eigenvalue weighted by molar-refractivity contribution is -0.141. The van der Waals surface area contributed by atoms with E-state index in [0.717, 1.165) is 22.9 Å². The van der Waals surface area contributed by atoms with Gasteiger partial charge in [-0.1, -0.05) is 5.16 Å². The normalized spacial score (nSPS) is 15.0. The Balaban J connectivity index is 1.33. The Kier molecular flexibility index (Phi) is 6.42. The van der Waals surface area contributed by atoms with Crippen LogP contribution in [0.5, 0.6) is 0 Å². The number of carbonyl (C=O) groups is 1. The molecule has 0 unspecified atom stereocenters. The minimum Gasteiger partial charge on any atom is -0.367 e. The van der Waals surface area contributed by atoms with Crippen LogP contribution in [0, 0.1) is 13.8 Å². The van der Waals surface area contributed by atoms with Crippen molar-refractivity contribution in [2.45, 2.75) is 45.3 Å². The number of carbonyl (C=O) groups excluding carboxylic acids is 1. The predicted molar refractivity (Wildman–Crippen MR) is 131 cm³/mol. The number of hydrogen-bond acceptors (Lipinski definition) is 7. The van der Waals surface area contributed by atoms with Crippen LogP contribution in [0.4, 0.5) is 19.0 Å². The molecule has 1 fully saturated rings. The lowest BCUT2D eigenvalue weighted by atomic mass is 10.0. The van der Waals surface area contributed by atoms with Crippen molar-refractivity contribution in [2.24, 2.45) is 0 Å². The first-order chi connectivity index (χ1) is 17.2. The van der Waals surface area contributed by atoms with Crippen molar-refractivity contribution >= 4 is 34.0 Å². The van der Waals surface area contributed by atoms with E-state index in [1.54, 1.807) is 13.1 Å². The highest BCUT2D eigenvalue weighted by molar-refractivity contribution is 7.08. The van der Waals surface area contributed by atoms with Crippen LogP contribution in [-0.4, -0.2) is 45.1 Å². The van der Waals surface area contributed by atoms with E-state index < -0.39 is 11.9 Å². The Hall–Kier alpha value is -3.47. The summed E-state index contributed by atoms with van der Waals surface area (Å²) in [6.45, 7) is 4.76. The molecule has 5 rings (SSSR count). The molecule has 0 atom stereocenters. The summed E-state index contributed by atoms with van der Waals surface area (Å²) in [7, 11) is 0. The van der Waals surface area contributed by atoms with Crippen molar-refractivity contribution in [3.8, 4) is 11.1 Å². The van der Waals surface area contributed by atoms with Crippen LogP contribution in [0.2, 0.25) is 0 Å². The second-order valence-corrected chi connectivity index (χ2v) is 9.68. The minimum atomic E-state index is -4.54. The zero-order valence-electron chi connectivity index (χ0n) is 19.7. The molecule has 0 radical (unpaired) electrons. The third-order valence-corrected chi connectivity index (χ3v) is 7.23. The SMILES string of the molecule is Cc1noc(C)c1CC(=O)N1CCC(Nc2ncc(-c3ccsc3)c3nc(C(F)(F)F)ccc23)CC1. The van der Waals surface area contributed by atoms with Gasteiger partial charge in [-0.25, -0.2) is 9.97 Å². The van der Waals surface area contributed by atoms with Gasteiger partial charge in [0.05, 0.1) is 17.6 Å². The van der Waals surface area contributed by atoms with Crippen molar-refractivity contribution in [2.75, 3.05) is 18.4 Å². The molecule has 0 aliphatic carbocycles. The number of hydrogen-bond donors (Lipinski definition) is 1. The van der Waals surface area contributed by atoms with Gasteiger partial charge >= 0.3 is 6.18 Å². The van der Waals surface area contributed by atoms with Crippen molar-refractivity contribution in [1.82, 2.24) is 20.0 Å². The third-order valence-electron chi connectivity index (χ3n) is 6.55. The third kappa shape index (κ3) is 4.79. The van der Waals surface area contributed by atoms with E-state index in [1.807, 2.05) is 28.7 Å². The number of alkyl halides is 3. The topological polar surface area (TPSA) is 84.2 Å². The van der Waals surface area contributed by atoms with E-state index >= 15 is 0 Å². The van der Waals surface area contributed by atoms with E-state index in [9.17, 15) is 18.0 Å². The zero-order chi connectivity index (χ0) is 25.4. The van der Waals surface area contributed by atoms with E-state index in [-0.39, 0.29) is 23.9 Å². The van der Waals surface area contributed by atoms with Gasteiger partial charge in [0, 0.05) is 41.8 Å². The monoisotopic (exact) mass is 515 g/mol. The Morgan fingerprint density at radius 2 is 2.00 bits per heavy atom. The molecule has 0 spiro atoms. The molecule has 188 valence electrons. The van der Waals surface area contributed by atoms with Crippen LogP contribution >= 0.6 is 11.3 Å². The molecule has 0 aromatic carbocycles. The number of aromatic nitrogens is 3. The number of amides is 1. The lowest BCUT2D eigenvalue weighted by Gasteiger charge is -2.33. The lowest BCUT2D eigenvalue weighted by Crippen LogP contribution is -2.43.